The van der Waals surface area contributed by atoms with Gasteiger partial charge in [0.2, 0.25) is 0 Å². The van der Waals surface area contributed by atoms with Gasteiger partial charge in [-0.05, 0) is 12.1 Å². The van der Waals surface area contributed by atoms with Gasteiger partial charge in [0.05, 0.1) is 30.8 Å². The lowest BCUT2D eigenvalue weighted by Crippen LogP contribution is -2.03. The molecule has 6 heteroatoms. The van der Waals surface area contributed by atoms with Gasteiger partial charge in [0.15, 0.2) is 11.5 Å². The topological polar surface area (TPSA) is 53.3 Å². The second-order valence-electron chi connectivity index (χ2n) is 3.96. The van der Waals surface area contributed by atoms with Crippen LogP contribution in [0.3, 0.4) is 0 Å². The normalized spacial score (nSPS) is 12.2. The highest BCUT2D eigenvalue weighted by molar-refractivity contribution is 7.84. The molecule has 5 nitrogen and oxygen atoms in total. The number of rotatable bonds is 5. The fourth-order valence-corrected chi connectivity index (χ4v) is 2.83. The van der Waals surface area contributed by atoms with Gasteiger partial charge in [0.25, 0.3) is 0 Å². The zero-order valence-corrected chi connectivity index (χ0v) is 11.9. The average molecular weight is 280 g/mol. The van der Waals surface area contributed by atoms with Gasteiger partial charge in [-0.3, -0.25) is 4.21 Å². The Labute approximate surface area is 114 Å². The lowest BCUT2D eigenvalue weighted by Gasteiger charge is -2.09. The number of aromatic nitrogens is 2. The quantitative estimate of drug-likeness (QED) is 0.837. The first-order valence-electron chi connectivity index (χ1n) is 5.72. The van der Waals surface area contributed by atoms with E-state index in [2.05, 4.69) is 4.98 Å². The van der Waals surface area contributed by atoms with Crippen LogP contribution in [0.5, 0.6) is 11.5 Å². The molecule has 0 radical (unpaired) electrons. The van der Waals surface area contributed by atoms with E-state index in [1.165, 1.54) is 0 Å². The van der Waals surface area contributed by atoms with Crippen molar-refractivity contribution in [1.29, 1.82) is 0 Å². The largest absolute Gasteiger partial charge is 0.493 e. The molecule has 1 heterocycles. The molecule has 2 aromatic rings. The van der Waals surface area contributed by atoms with Crippen LogP contribution in [0, 0.1) is 0 Å². The lowest BCUT2D eigenvalue weighted by molar-refractivity contribution is 0.354. The molecule has 0 fully saturated rings. The van der Waals surface area contributed by atoms with Crippen molar-refractivity contribution >= 4 is 10.8 Å². The molecule has 1 atom stereocenters. The maximum atomic E-state index is 12.3. The number of aryl methyl sites for hydroxylation is 1. The molecule has 1 aromatic carbocycles. The van der Waals surface area contributed by atoms with Gasteiger partial charge in [-0.15, -0.1) is 0 Å². The maximum Gasteiger partial charge on any atom is 0.161 e. The van der Waals surface area contributed by atoms with Crippen molar-refractivity contribution in [3.63, 3.8) is 0 Å². The number of ether oxygens (including phenoxy) is 2. The van der Waals surface area contributed by atoms with Crippen molar-refractivity contribution < 1.29 is 13.7 Å². The van der Waals surface area contributed by atoms with Gasteiger partial charge in [0.1, 0.15) is 5.82 Å². The fraction of sp³-hybridized carbons (Fsp3) is 0.308. The van der Waals surface area contributed by atoms with E-state index in [4.69, 9.17) is 9.47 Å². The van der Waals surface area contributed by atoms with E-state index in [-0.39, 0.29) is 0 Å². The van der Waals surface area contributed by atoms with E-state index < -0.39 is 10.8 Å². The van der Waals surface area contributed by atoms with E-state index in [1.807, 2.05) is 17.8 Å². The van der Waals surface area contributed by atoms with Crippen molar-refractivity contribution in [3.8, 4) is 11.5 Å². The van der Waals surface area contributed by atoms with Crippen molar-refractivity contribution in [3.05, 3.63) is 36.4 Å². The third-order valence-corrected chi connectivity index (χ3v) is 4.10. The zero-order valence-electron chi connectivity index (χ0n) is 11.1. The fourth-order valence-electron chi connectivity index (χ4n) is 1.69. The summed E-state index contributed by atoms with van der Waals surface area (Å²) in [5, 5.41) is 0. The van der Waals surface area contributed by atoms with Crippen molar-refractivity contribution in [2.24, 2.45) is 7.05 Å². The highest BCUT2D eigenvalue weighted by Crippen LogP contribution is 2.29. The predicted molar refractivity (Wildman–Crippen MR) is 72.9 cm³/mol. The number of benzene rings is 1. The summed E-state index contributed by atoms with van der Waals surface area (Å²) in [6.07, 6.45) is 3.53. The van der Waals surface area contributed by atoms with Crippen molar-refractivity contribution in [2.45, 2.75) is 10.6 Å². The smallest absolute Gasteiger partial charge is 0.161 e. The Kier molecular flexibility index (Phi) is 4.21. The van der Waals surface area contributed by atoms with Crippen LogP contribution in [0.4, 0.5) is 0 Å². The van der Waals surface area contributed by atoms with E-state index in [0.29, 0.717) is 22.1 Å². The molecule has 19 heavy (non-hydrogen) atoms. The van der Waals surface area contributed by atoms with Crippen LogP contribution in [-0.4, -0.2) is 28.0 Å². The molecule has 0 aliphatic rings. The highest BCUT2D eigenvalue weighted by Gasteiger charge is 2.12. The van der Waals surface area contributed by atoms with Gasteiger partial charge < -0.3 is 14.0 Å². The Morgan fingerprint density at radius 3 is 2.58 bits per heavy atom. The molecule has 0 saturated heterocycles. The van der Waals surface area contributed by atoms with E-state index in [9.17, 15) is 4.21 Å². The summed E-state index contributed by atoms with van der Waals surface area (Å²) < 4.78 is 24.5. The second-order valence-corrected chi connectivity index (χ2v) is 5.41. The summed E-state index contributed by atoms with van der Waals surface area (Å²) in [4.78, 5) is 4.87. The Morgan fingerprint density at radius 1 is 1.26 bits per heavy atom. The minimum atomic E-state index is -1.16. The molecular formula is C13H16N2O3S. The molecule has 2 rings (SSSR count). The third-order valence-electron chi connectivity index (χ3n) is 2.80. The first-order valence-corrected chi connectivity index (χ1v) is 7.04. The molecule has 0 amide bonds. The first-order chi connectivity index (χ1) is 9.15. The third kappa shape index (κ3) is 2.96. The van der Waals surface area contributed by atoms with E-state index in [0.717, 1.165) is 5.82 Å². The van der Waals surface area contributed by atoms with E-state index in [1.54, 1.807) is 38.6 Å². The predicted octanol–water partition coefficient (Wildman–Crippen LogP) is 1.75. The zero-order chi connectivity index (χ0) is 13.8. The van der Waals surface area contributed by atoms with Crippen LogP contribution < -0.4 is 9.47 Å². The average Bonchev–Trinajstić information content (AvgIpc) is 2.83. The van der Waals surface area contributed by atoms with Gasteiger partial charge in [-0.25, -0.2) is 4.98 Å². The van der Waals surface area contributed by atoms with Crippen molar-refractivity contribution in [1.82, 2.24) is 9.55 Å². The number of imidazole rings is 1. The van der Waals surface area contributed by atoms with Gasteiger partial charge >= 0.3 is 0 Å². The lowest BCUT2D eigenvalue weighted by atomic mass is 10.3. The highest BCUT2D eigenvalue weighted by atomic mass is 32.2. The Morgan fingerprint density at radius 2 is 2.00 bits per heavy atom. The summed E-state index contributed by atoms with van der Waals surface area (Å²) in [5.41, 5.74) is 0. The van der Waals surface area contributed by atoms with Crippen LogP contribution in [0.15, 0.2) is 35.5 Å². The van der Waals surface area contributed by atoms with Crippen molar-refractivity contribution in [2.75, 3.05) is 14.2 Å². The monoisotopic (exact) mass is 280 g/mol. The summed E-state index contributed by atoms with van der Waals surface area (Å²) in [6.45, 7) is 0. The molecule has 102 valence electrons. The Hall–Kier alpha value is -1.82. The summed E-state index contributed by atoms with van der Waals surface area (Å²) in [6, 6.07) is 5.27. The minimum Gasteiger partial charge on any atom is -0.493 e. The molecule has 1 aromatic heterocycles. The summed E-state index contributed by atoms with van der Waals surface area (Å²) in [5.74, 6) is 2.36. The molecule has 0 aliphatic carbocycles. The van der Waals surface area contributed by atoms with Gasteiger partial charge in [-0.1, -0.05) is 0 Å². The standard InChI is InChI=1S/C13H16N2O3S/c1-15-7-6-14-13(15)9-19(16)10-4-5-11(17-2)12(8-10)18-3/h4-8H,9H2,1-3H3/t19-/m1/s1. The summed E-state index contributed by atoms with van der Waals surface area (Å²) >= 11 is 0. The molecule has 0 aliphatic heterocycles. The number of hydrogen-bond donors (Lipinski definition) is 0. The van der Waals surface area contributed by atoms with Crippen LogP contribution in [0.2, 0.25) is 0 Å². The van der Waals surface area contributed by atoms with Crippen LogP contribution in [0.25, 0.3) is 0 Å². The second kappa shape index (κ2) is 5.88. The number of hydrogen-bond acceptors (Lipinski definition) is 4. The molecule has 0 bridgehead atoms. The number of nitrogens with zero attached hydrogens (tertiary/aromatic N) is 2. The minimum absolute atomic E-state index is 0.374. The van der Waals surface area contributed by atoms with Crippen LogP contribution in [-0.2, 0) is 23.6 Å². The maximum absolute atomic E-state index is 12.3. The molecule has 0 spiro atoms. The molecule has 0 saturated carbocycles. The molecular weight excluding hydrogens is 264 g/mol. The Bertz CT molecular complexity index is 595. The van der Waals surface area contributed by atoms with E-state index >= 15 is 0 Å². The van der Waals surface area contributed by atoms with Crippen LogP contribution >= 0.6 is 0 Å². The Balaban J connectivity index is 2.22. The molecule has 0 N–H and O–H groups in total. The molecule has 0 unspecified atom stereocenters. The first kappa shape index (κ1) is 13.6. The van der Waals surface area contributed by atoms with Gasteiger partial charge in [-0.2, -0.15) is 0 Å². The van der Waals surface area contributed by atoms with Gasteiger partial charge in [0, 0.05) is 30.4 Å². The SMILES string of the molecule is COc1ccc([S@](=O)Cc2nccn2C)cc1OC. The number of methoxy groups -OCH3 is 2. The summed E-state index contributed by atoms with van der Waals surface area (Å²) in [7, 11) is 3.85. The van der Waals surface area contributed by atoms with Crippen LogP contribution in [0.1, 0.15) is 5.82 Å².